The number of esters is 5. The van der Waals surface area contributed by atoms with Crippen LogP contribution in [0, 0.1) is 6.92 Å². The Bertz CT molecular complexity index is 1700. The van der Waals surface area contributed by atoms with Gasteiger partial charge in [0.15, 0.2) is 11.5 Å². The van der Waals surface area contributed by atoms with Crippen molar-refractivity contribution in [2.45, 2.75) is 59.8 Å². The monoisotopic (exact) mass is 572 g/mol. The number of carbonyl (C=O) groups is 5. The summed E-state index contributed by atoms with van der Waals surface area (Å²) in [5.74, 6) is -3.03. The van der Waals surface area contributed by atoms with E-state index in [-0.39, 0.29) is 23.0 Å². The maximum atomic E-state index is 12.3. The lowest BCUT2D eigenvalue weighted by Crippen LogP contribution is -2.21. The second-order valence-corrected chi connectivity index (χ2v) is 10.3. The van der Waals surface area contributed by atoms with E-state index in [0.29, 0.717) is 28.9 Å². The molecule has 0 N–H and O–H groups in total. The highest BCUT2D eigenvalue weighted by Crippen LogP contribution is 2.58. The molecule has 0 saturated carbocycles. The number of rotatable bonds is 5. The Kier molecular flexibility index (Phi) is 7.32. The molecule has 2 unspecified atom stereocenters. The molecule has 0 heterocycles. The lowest BCUT2D eigenvalue weighted by atomic mass is 9.71. The van der Waals surface area contributed by atoms with E-state index in [9.17, 15) is 24.0 Å². The number of ether oxygens (including phenoxy) is 5. The molecule has 0 fully saturated rings. The molecule has 2 bridgehead atoms. The molecule has 3 aromatic carbocycles. The van der Waals surface area contributed by atoms with Crippen LogP contribution in [0.25, 0.3) is 0 Å². The summed E-state index contributed by atoms with van der Waals surface area (Å²) < 4.78 is 27.7. The predicted octanol–water partition coefficient (Wildman–Crippen LogP) is 4.80. The summed E-state index contributed by atoms with van der Waals surface area (Å²) >= 11 is 0. The van der Waals surface area contributed by atoms with Crippen LogP contribution in [0.15, 0.2) is 36.4 Å². The second kappa shape index (κ2) is 10.8. The first-order chi connectivity index (χ1) is 19.8. The molecule has 3 aliphatic carbocycles. The molecule has 0 radical (unpaired) electrons. The molecule has 2 atom stereocenters. The number of carbonyl (C=O) groups excluding carboxylic acids is 5. The minimum absolute atomic E-state index is 0.0448. The van der Waals surface area contributed by atoms with Crippen LogP contribution in [0.5, 0.6) is 28.7 Å². The molecule has 3 aliphatic rings. The Hall–Kier alpha value is -4.99. The molecule has 6 rings (SSSR count). The summed E-state index contributed by atoms with van der Waals surface area (Å²) in [7, 11) is 0. The Labute approximate surface area is 241 Å². The Morgan fingerprint density at radius 2 is 1.07 bits per heavy atom. The van der Waals surface area contributed by atoms with E-state index in [1.807, 2.05) is 13.0 Å². The predicted molar refractivity (Wildman–Crippen MR) is 147 cm³/mol. The van der Waals surface area contributed by atoms with Crippen molar-refractivity contribution in [1.82, 2.24) is 0 Å². The zero-order valence-electron chi connectivity index (χ0n) is 23.9. The van der Waals surface area contributed by atoms with Crippen LogP contribution in [0.3, 0.4) is 0 Å². The fourth-order valence-corrected chi connectivity index (χ4v) is 5.92. The van der Waals surface area contributed by atoms with Crippen LogP contribution in [0.4, 0.5) is 0 Å². The minimum Gasteiger partial charge on any atom is -0.427 e. The largest absolute Gasteiger partial charge is 0.427 e. The van der Waals surface area contributed by atoms with Crippen molar-refractivity contribution in [1.29, 1.82) is 0 Å². The van der Waals surface area contributed by atoms with Crippen LogP contribution in [-0.2, 0) is 30.4 Å². The second-order valence-electron chi connectivity index (χ2n) is 10.3. The average molecular weight is 573 g/mol. The fraction of sp³-hybridized carbons (Fsp3) is 0.281. The van der Waals surface area contributed by atoms with Gasteiger partial charge in [0.25, 0.3) is 0 Å². The SMILES string of the molecule is CC(=O)Oc1cc(OC(C)=O)c2c(c1)C1Cc3cc(OC(C)=O)c(OC(C)=O)cc3C2c2cc(C)cc(OC(C)=O)c21. The normalized spacial score (nSPS) is 15.8. The van der Waals surface area contributed by atoms with Crippen molar-refractivity contribution in [2.24, 2.45) is 0 Å². The van der Waals surface area contributed by atoms with Gasteiger partial charge in [-0.15, -0.1) is 0 Å². The fourth-order valence-electron chi connectivity index (χ4n) is 5.92. The summed E-state index contributed by atoms with van der Waals surface area (Å²) in [4.78, 5) is 60.3. The molecule has 42 heavy (non-hydrogen) atoms. The van der Waals surface area contributed by atoms with Crippen LogP contribution in [0.1, 0.15) is 85.4 Å². The summed E-state index contributed by atoms with van der Waals surface area (Å²) in [5.41, 5.74) is 5.16. The molecule has 10 nitrogen and oxygen atoms in total. The number of hydrogen-bond donors (Lipinski definition) is 0. The molecular formula is C32H28O10. The van der Waals surface area contributed by atoms with Crippen molar-refractivity contribution in [3.05, 3.63) is 75.3 Å². The van der Waals surface area contributed by atoms with Crippen LogP contribution in [-0.4, -0.2) is 29.8 Å². The van der Waals surface area contributed by atoms with Gasteiger partial charge in [0.1, 0.15) is 17.2 Å². The highest BCUT2D eigenvalue weighted by molar-refractivity contribution is 5.79. The van der Waals surface area contributed by atoms with Crippen molar-refractivity contribution in [3.63, 3.8) is 0 Å². The first-order valence-corrected chi connectivity index (χ1v) is 13.2. The molecule has 0 saturated heterocycles. The summed E-state index contributed by atoms with van der Waals surface area (Å²) in [6.07, 6.45) is 0.334. The van der Waals surface area contributed by atoms with Gasteiger partial charge < -0.3 is 23.7 Å². The quantitative estimate of drug-likeness (QED) is 0.310. The third kappa shape index (κ3) is 5.35. The lowest BCUT2D eigenvalue weighted by molar-refractivity contribution is -0.134. The topological polar surface area (TPSA) is 132 Å². The molecule has 0 aromatic heterocycles. The van der Waals surface area contributed by atoms with E-state index in [1.54, 1.807) is 24.3 Å². The third-order valence-electron chi connectivity index (χ3n) is 7.01. The molecule has 3 aromatic rings. The van der Waals surface area contributed by atoms with E-state index in [2.05, 4.69) is 0 Å². The van der Waals surface area contributed by atoms with Gasteiger partial charge in [-0.05, 0) is 65.4 Å². The smallest absolute Gasteiger partial charge is 0.308 e. The number of aryl methyl sites for hydroxylation is 1. The van der Waals surface area contributed by atoms with Crippen molar-refractivity contribution in [2.75, 3.05) is 0 Å². The zero-order valence-corrected chi connectivity index (χ0v) is 23.9. The Balaban J connectivity index is 1.88. The molecule has 0 amide bonds. The standard InChI is InChI=1S/C32H28O10/c1-14-7-25-30(28(8-14)41-18(5)36)23-9-20-10-26(39-16(3)34)27(40-17(4)35)13-22(20)31(25)32-24(23)11-21(38-15(2)33)12-29(32)42-19(6)37/h7-8,10-13,23,31H,9H2,1-6H3. The summed E-state index contributed by atoms with van der Waals surface area (Å²) in [6, 6.07) is 10.3. The zero-order chi connectivity index (χ0) is 30.5. The number of hydrogen-bond acceptors (Lipinski definition) is 10. The highest BCUT2D eigenvalue weighted by Gasteiger charge is 2.43. The van der Waals surface area contributed by atoms with Gasteiger partial charge in [-0.2, -0.15) is 0 Å². The van der Waals surface area contributed by atoms with Crippen molar-refractivity contribution in [3.8, 4) is 28.7 Å². The van der Waals surface area contributed by atoms with Gasteiger partial charge in [0.05, 0.1) is 0 Å². The van der Waals surface area contributed by atoms with Gasteiger partial charge >= 0.3 is 29.8 Å². The number of benzene rings is 3. The molecular weight excluding hydrogens is 544 g/mol. The van der Waals surface area contributed by atoms with Gasteiger partial charge in [-0.25, -0.2) is 0 Å². The molecule has 0 spiro atoms. The minimum atomic E-state index is -0.610. The van der Waals surface area contributed by atoms with Crippen molar-refractivity contribution < 1.29 is 47.7 Å². The van der Waals surface area contributed by atoms with Crippen LogP contribution < -0.4 is 23.7 Å². The van der Waals surface area contributed by atoms with Gasteiger partial charge in [-0.1, -0.05) is 6.07 Å². The van der Waals surface area contributed by atoms with Gasteiger partial charge in [0.2, 0.25) is 0 Å². The average Bonchev–Trinajstić information content (AvgIpc) is 3.05. The van der Waals surface area contributed by atoms with Crippen LogP contribution in [0.2, 0.25) is 0 Å². The van der Waals surface area contributed by atoms with Crippen molar-refractivity contribution >= 4 is 29.8 Å². The Morgan fingerprint density at radius 1 is 0.548 bits per heavy atom. The van der Waals surface area contributed by atoms with E-state index in [4.69, 9.17) is 23.7 Å². The highest BCUT2D eigenvalue weighted by atomic mass is 16.6. The van der Waals surface area contributed by atoms with E-state index < -0.39 is 41.7 Å². The first-order valence-electron chi connectivity index (χ1n) is 13.2. The molecule has 216 valence electrons. The first kappa shape index (κ1) is 28.5. The molecule has 10 heteroatoms. The van der Waals surface area contributed by atoms with Gasteiger partial charge in [0, 0.05) is 63.6 Å². The molecule has 0 aliphatic heterocycles. The third-order valence-corrected chi connectivity index (χ3v) is 7.01. The lowest BCUT2D eigenvalue weighted by Gasteiger charge is -2.34. The summed E-state index contributed by atoms with van der Waals surface area (Å²) in [5, 5.41) is 0. The van der Waals surface area contributed by atoms with E-state index in [1.165, 1.54) is 40.7 Å². The summed E-state index contributed by atoms with van der Waals surface area (Å²) in [6.45, 7) is 8.22. The maximum Gasteiger partial charge on any atom is 0.308 e. The maximum absolute atomic E-state index is 12.3. The van der Waals surface area contributed by atoms with Gasteiger partial charge in [-0.3, -0.25) is 24.0 Å². The van der Waals surface area contributed by atoms with E-state index in [0.717, 1.165) is 22.3 Å². The van der Waals surface area contributed by atoms with E-state index >= 15 is 0 Å². The Morgan fingerprint density at radius 3 is 1.64 bits per heavy atom. The van der Waals surface area contributed by atoms with Crippen LogP contribution >= 0.6 is 0 Å².